The Morgan fingerprint density at radius 1 is 1.03 bits per heavy atom. The van der Waals surface area contributed by atoms with Crippen molar-refractivity contribution >= 4 is 56.0 Å². The number of aryl methyl sites for hydroxylation is 2. The van der Waals surface area contributed by atoms with Gasteiger partial charge < -0.3 is 10.6 Å². The summed E-state index contributed by atoms with van der Waals surface area (Å²) >= 11 is 5.07. The predicted molar refractivity (Wildman–Crippen MR) is 128 cm³/mol. The Labute approximate surface area is 188 Å². The molecule has 0 radical (unpaired) electrons. The van der Waals surface area contributed by atoms with Crippen LogP contribution < -0.4 is 10.6 Å². The molecule has 2 amide bonds. The van der Waals surface area contributed by atoms with Crippen LogP contribution in [0.25, 0.3) is 10.8 Å². The van der Waals surface area contributed by atoms with Crippen molar-refractivity contribution in [2.24, 2.45) is 0 Å². The van der Waals surface area contributed by atoms with Gasteiger partial charge in [-0.25, -0.2) is 0 Å². The molecular formula is C24H23BrN2O2S. The number of hydrogen-bond donors (Lipinski definition) is 2. The summed E-state index contributed by atoms with van der Waals surface area (Å²) in [5.41, 5.74) is 3.98. The van der Waals surface area contributed by atoms with Gasteiger partial charge in [-0.15, -0.1) is 0 Å². The normalized spacial score (nSPS) is 13.3. The highest BCUT2D eigenvalue weighted by Crippen LogP contribution is 2.35. The van der Waals surface area contributed by atoms with Crippen molar-refractivity contribution in [2.75, 3.05) is 17.3 Å². The highest BCUT2D eigenvalue weighted by atomic mass is 79.9. The molecule has 1 aliphatic rings. The molecule has 0 fully saturated rings. The van der Waals surface area contributed by atoms with E-state index in [2.05, 4.69) is 44.8 Å². The summed E-state index contributed by atoms with van der Waals surface area (Å²) in [6, 6.07) is 16.9. The maximum absolute atomic E-state index is 13.2. The van der Waals surface area contributed by atoms with E-state index in [0.717, 1.165) is 29.7 Å². The van der Waals surface area contributed by atoms with Crippen molar-refractivity contribution in [3.63, 3.8) is 0 Å². The second kappa shape index (κ2) is 9.23. The Morgan fingerprint density at radius 3 is 2.57 bits per heavy atom. The number of anilines is 1. The highest BCUT2D eigenvalue weighted by Gasteiger charge is 2.23. The summed E-state index contributed by atoms with van der Waals surface area (Å²) in [5, 5.41) is 8.31. The minimum absolute atomic E-state index is 0.192. The Kier molecular flexibility index (Phi) is 6.44. The van der Waals surface area contributed by atoms with Gasteiger partial charge in [0.1, 0.15) is 6.04 Å². The zero-order chi connectivity index (χ0) is 21.1. The lowest BCUT2D eigenvalue weighted by Gasteiger charge is -2.19. The summed E-state index contributed by atoms with van der Waals surface area (Å²) in [5.74, 6) is 0.324. The zero-order valence-corrected chi connectivity index (χ0v) is 19.1. The summed E-state index contributed by atoms with van der Waals surface area (Å²) < 4.78 is 0.707. The van der Waals surface area contributed by atoms with Crippen molar-refractivity contribution in [1.29, 1.82) is 0 Å². The van der Waals surface area contributed by atoms with E-state index in [9.17, 15) is 9.59 Å². The molecule has 0 aliphatic heterocycles. The SMILES string of the molecule is CSCCC(NC(=O)c1ccccc1Br)C(=O)Nc1ccc2c3c(cccc13)CC2. The maximum atomic E-state index is 13.2. The second-order valence-corrected chi connectivity index (χ2v) is 9.23. The van der Waals surface area contributed by atoms with Crippen LogP contribution in [-0.2, 0) is 17.6 Å². The van der Waals surface area contributed by atoms with Gasteiger partial charge in [0.25, 0.3) is 5.91 Å². The molecule has 1 atom stereocenters. The van der Waals surface area contributed by atoms with E-state index in [1.165, 1.54) is 16.5 Å². The number of nitrogens with one attached hydrogen (secondary N) is 2. The molecule has 6 heteroatoms. The number of hydrogen-bond acceptors (Lipinski definition) is 3. The van der Waals surface area contributed by atoms with Crippen molar-refractivity contribution in [1.82, 2.24) is 5.32 Å². The molecule has 154 valence electrons. The quantitative estimate of drug-likeness (QED) is 0.486. The molecule has 4 rings (SSSR count). The first-order chi connectivity index (χ1) is 14.6. The van der Waals surface area contributed by atoms with Crippen molar-refractivity contribution < 1.29 is 9.59 Å². The van der Waals surface area contributed by atoms with Crippen LogP contribution in [-0.4, -0.2) is 29.9 Å². The van der Waals surface area contributed by atoms with Gasteiger partial charge in [-0.1, -0.05) is 36.4 Å². The van der Waals surface area contributed by atoms with Crippen LogP contribution in [0, 0.1) is 0 Å². The van der Waals surface area contributed by atoms with Gasteiger partial charge in [-0.3, -0.25) is 9.59 Å². The van der Waals surface area contributed by atoms with Crippen molar-refractivity contribution in [3.8, 4) is 0 Å². The number of thioether (sulfide) groups is 1. The predicted octanol–water partition coefficient (Wildman–Crippen LogP) is 5.19. The fourth-order valence-corrected chi connectivity index (χ4v) is 4.90. The van der Waals surface area contributed by atoms with Gasteiger partial charge in [0.15, 0.2) is 0 Å². The molecule has 4 nitrogen and oxygen atoms in total. The van der Waals surface area contributed by atoms with Gasteiger partial charge in [-0.05, 0) is 81.9 Å². The first-order valence-electron chi connectivity index (χ1n) is 9.97. The summed E-state index contributed by atoms with van der Waals surface area (Å²) in [6.07, 6.45) is 4.64. The number of benzene rings is 3. The molecule has 3 aromatic carbocycles. The Bertz CT molecular complexity index is 1110. The minimum atomic E-state index is -0.611. The van der Waals surface area contributed by atoms with Crippen LogP contribution in [0.1, 0.15) is 27.9 Å². The Balaban J connectivity index is 1.57. The molecule has 3 aromatic rings. The van der Waals surface area contributed by atoms with Crippen molar-refractivity contribution in [3.05, 3.63) is 75.8 Å². The number of halogens is 1. The largest absolute Gasteiger partial charge is 0.340 e. The summed E-state index contributed by atoms with van der Waals surface area (Å²) in [4.78, 5) is 25.9. The lowest BCUT2D eigenvalue weighted by molar-refractivity contribution is -0.118. The van der Waals surface area contributed by atoms with Crippen LogP contribution in [0.5, 0.6) is 0 Å². The van der Waals surface area contributed by atoms with Crippen LogP contribution in [0.3, 0.4) is 0 Å². The third kappa shape index (κ3) is 4.25. The average molecular weight is 483 g/mol. The lowest BCUT2D eigenvalue weighted by Crippen LogP contribution is -2.44. The first kappa shape index (κ1) is 20.9. The zero-order valence-electron chi connectivity index (χ0n) is 16.7. The third-order valence-corrected chi connectivity index (χ3v) is 6.82. The van der Waals surface area contributed by atoms with Crippen molar-refractivity contribution in [2.45, 2.75) is 25.3 Å². The van der Waals surface area contributed by atoms with Gasteiger partial charge >= 0.3 is 0 Å². The topological polar surface area (TPSA) is 58.2 Å². The summed E-state index contributed by atoms with van der Waals surface area (Å²) in [6.45, 7) is 0. The Morgan fingerprint density at radius 2 is 1.80 bits per heavy atom. The van der Waals surface area contributed by atoms with Crippen LogP contribution in [0.2, 0.25) is 0 Å². The highest BCUT2D eigenvalue weighted by molar-refractivity contribution is 9.10. The molecule has 0 aromatic heterocycles. The first-order valence-corrected chi connectivity index (χ1v) is 12.2. The molecule has 2 N–H and O–H groups in total. The van der Waals surface area contributed by atoms with E-state index in [0.29, 0.717) is 16.5 Å². The van der Waals surface area contributed by atoms with E-state index in [-0.39, 0.29) is 11.8 Å². The van der Waals surface area contributed by atoms with E-state index in [1.807, 2.05) is 36.6 Å². The molecule has 0 saturated heterocycles. The summed E-state index contributed by atoms with van der Waals surface area (Å²) in [7, 11) is 0. The monoisotopic (exact) mass is 482 g/mol. The van der Waals surface area contributed by atoms with E-state index in [4.69, 9.17) is 0 Å². The van der Waals surface area contributed by atoms with E-state index < -0.39 is 6.04 Å². The van der Waals surface area contributed by atoms with E-state index >= 15 is 0 Å². The fraction of sp³-hybridized carbons (Fsp3) is 0.250. The second-order valence-electron chi connectivity index (χ2n) is 7.39. The van der Waals surface area contributed by atoms with Gasteiger partial charge in [0, 0.05) is 15.5 Å². The van der Waals surface area contributed by atoms with Gasteiger partial charge in [0.2, 0.25) is 5.91 Å². The lowest BCUT2D eigenvalue weighted by atomic mass is 10.0. The molecule has 0 spiro atoms. The number of amides is 2. The van der Waals surface area contributed by atoms with Crippen LogP contribution in [0.15, 0.2) is 59.1 Å². The molecule has 0 heterocycles. The minimum Gasteiger partial charge on any atom is -0.340 e. The third-order valence-electron chi connectivity index (χ3n) is 5.49. The van der Waals surface area contributed by atoms with Crippen LogP contribution >= 0.6 is 27.7 Å². The average Bonchev–Trinajstić information content (AvgIpc) is 3.18. The standard InChI is InChI=1S/C24H23BrN2O2S/c1-30-14-13-21(27-23(28)17-6-2-3-8-19(17)25)24(29)26-20-12-11-16-10-9-15-5-4-7-18(20)22(15)16/h2-8,11-12,21H,9-10,13-14H2,1H3,(H,26,29)(H,27,28). The molecule has 0 saturated carbocycles. The fourth-order valence-electron chi connectivity index (χ4n) is 3.96. The smallest absolute Gasteiger partial charge is 0.253 e. The van der Waals surface area contributed by atoms with Crippen LogP contribution in [0.4, 0.5) is 5.69 Å². The molecule has 0 bridgehead atoms. The molecule has 30 heavy (non-hydrogen) atoms. The number of carbonyl (C=O) groups excluding carboxylic acids is 2. The number of rotatable bonds is 7. The molecule has 1 aliphatic carbocycles. The Hall–Kier alpha value is -2.31. The number of carbonyl (C=O) groups is 2. The van der Waals surface area contributed by atoms with Gasteiger partial charge in [0.05, 0.1) is 5.56 Å². The van der Waals surface area contributed by atoms with Gasteiger partial charge in [-0.2, -0.15) is 11.8 Å². The molecule has 1 unspecified atom stereocenters. The molecular weight excluding hydrogens is 460 g/mol. The van der Waals surface area contributed by atoms with E-state index in [1.54, 1.807) is 17.8 Å². The maximum Gasteiger partial charge on any atom is 0.253 e.